The van der Waals surface area contributed by atoms with Crippen molar-refractivity contribution < 1.29 is 19.1 Å². The number of nitrogens with one attached hydrogen (secondary N) is 1. The van der Waals surface area contributed by atoms with E-state index in [-0.39, 0.29) is 0 Å². The summed E-state index contributed by atoms with van der Waals surface area (Å²) in [6.07, 6.45) is 0. The SMILES string of the molecule is COC(=O)C1(Cl)C(=O)NC[C@H]1c1ccc(OC)cc1. The summed E-state index contributed by atoms with van der Waals surface area (Å²) in [7, 11) is 2.78. The summed E-state index contributed by atoms with van der Waals surface area (Å²) in [5, 5.41) is 2.60. The Morgan fingerprint density at radius 1 is 1.37 bits per heavy atom. The zero-order valence-corrected chi connectivity index (χ0v) is 11.4. The highest BCUT2D eigenvalue weighted by Gasteiger charge is 2.56. The fourth-order valence-electron chi connectivity index (χ4n) is 2.19. The molecule has 19 heavy (non-hydrogen) atoms. The second kappa shape index (κ2) is 5.09. The molecule has 5 nitrogen and oxygen atoms in total. The summed E-state index contributed by atoms with van der Waals surface area (Å²) in [6, 6.07) is 7.08. The minimum atomic E-state index is -1.71. The van der Waals surface area contributed by atoms with Gasteiger partial charge in [-0.2, -0.15) is 0 Å². The number of esters is 1. The predicted octanol–water partition coefficient (Wildman–Crippen LogP) is 1.06. The zero-order chi connectivity index (χ0) is 14.0. The van der Waals surface area contributed by atoms with Gasteiger partial charge in [0.05, 0.1) is 14.2 Å². The van der Waals surface area contributed by atoms with E-state index in [1.807, 2.05) is 0 Å². The van der Waals surface area contributed by atoms with Crippen LogP contribution in [0.2, 0.25) is 0 Å². The Morgan fingerprint density at radius 2 is 2.00 bits per heavy atom. The normalized spacial score (nSPS) is 25.8. The van der Waals surface area contributed by atoms with E-state index in [4.69, 9.17) is 16.3 Å². The van der Waals surface area contributed by atoms with Gasteiger partial charge < -0.3 is 14.8 Å². The molecule has 2 rings (SSSR count). The van der Waals surface area contributed by atoms with Crippen LogP contribution in [0, 0.1) is 0 Å². The van der Waals surface area contributed by atoms with E-state index in [0.29, 0.717) is 12.3 Å². The van der Waals surface area contributed by atoms with Crippen molar-refractivity contribution in [1.29, 1.82) is 0 Å². The Kier molecular flexibility index (Phi) is 3.66. The molecule has 1 amide bonds. The molecule has 0 aromatic heterocycles. The lowest BCUT2D eigenvalue weighted by atomic mass is 9.87. The van der Waals surface area contributed by atoms with Gasteiger partial charge in [-0.15, -0.1) is 0 Å². The van der Waals surface area contributed by atoms with Crippen LogP contribution in [0.4, 0.5) is 0 Å². The van der Waals surface area contributed by atoms with Crippen LogP contribution in [0.15, 0.2) is 24.3 Å². The van der Waals surface area contributed by atoms with Crippen LogP contribution in [0.1, 0.15) is 11.5 Å². The molecule has 0 aliphatic carbocycles. The van der Waals surface area contributed by atoms with Crippen molar-refractivity contribution in [2.24, 2.45) is 0 Å². The highest BCUT2D eigenvalue weighted by atomic mass is 35.5. The standard InChI is InChI=1S/C13H14ClNO4/c1-18-9-5-3-8(4-6-9)10-7-15-11(16)13(10,14)12(17)19-2/h3-6,10H,7H2,1-2H3,(H,15,16)/t10-,13?/m0/s1. The van der Waals surface area contributed by atoms with Crippen molar-refractivity contribution in [3.8, 4) is 5.75 Å². The third-order valence-electron chi connectivity index (χ3n) is 3.28. The third kappa shape index (κ3) is 2.14. The number of rotatable bonds is 3. The number of alkyl halides is 1. The lowest BCUT2D eigenvalue weighted by molar-refractivity contribution is -0.147. The van der Waals surface area contributed by atoms with Crippen molar-refractivity contribution in [2.75, 3.05) is 20.8 Å². The Morgan fingerprint density at radius 3 is 2.53 bits per heavy atom. The Bertz CT molecular complexity index is 502. The van der Waals surface area contributed by atoms with E-state index < -0.39 is 22.7 Å². The van der Waals surface area contributed by atoms with Gasteiger partial charge in [0.1, 0.15) is 5.75 Å². The molecular weight excluding hydrogens is 270 g/mol. The molecule has 1 aromatic rings. The molecule has 0 saturated carbocycles. The smallest absolute Gasteiger partial charge is 0.337 e. The van der Waals surface area contributed by atoms with Crippen molar-refractivity contribution >= 4 is 23.5 Å². The summed E-state index contributed by atoms with van der Waals surface area (Å²) in [5.74, 6) is -1.05. The first kappa shape index (κ1) is 13.7. The maximum atomic E-state index is 11.8. The maximum absolute atomic E-state index is 11.8. The van der Waals surface area contributed by atoms with Crippen molar-refractivity contribution in [2.45, 2.75) is 10.8 Å². The highest BCUT2D eigenvalue weighted by Crippen LogP contribution is 2.39. The van der Waals surface area contributed by atoms with Gasteiger partial charge >= 0.3 is 5.97 Å². The number of benzene rings is 1. The van der Waals surface area contributed by atoms with E-state index in [1.54, 1.807) is 31.4 Å². The van der Waals surface area contributed by atoms with E-state index in [0.717, 1.165) is 5.56 Å². The van der Waals surface area contributed by atoms with Crippen LogP contribution in [0.5, 0.6) is 5.75 Å². The molecule has 6 heteroatoms. The van der Waals surface area contributed by atoms with E-state index in [9.17, 15) is 9.59 Å². The fraction of sp³-hybridized carbons (Fsp3) is 0.385. The molecule has 1 aliphatic heterocycles. The number of hydrogen-bond donors (Lipinski definition) is 1. The van der Waals surface area contributed by atoms with Crippen LogP contribution in [0.3, 0.4) is 0 Å². The minimum absolute atomic E-state index is 0.295. The van der Waals surface area contributed by atoms with Crippen LogP contribution in [-0.2, 0) is 14.3 Å². The molecule has 102 valence electrons. The first-order valence-corrected chi connectivity index (χ1v) is 6.11. The minimum Gasteiger partial charge on any atom is -0.497 e. The number of halogens is 1. The predicted molar refractivity (Wildman–Crippen MR) is 69.3 cm³/mol. The number of hydrogen-bond acceptors (Lipinski definition) is 4. The van der Waals surface area contributed by atoms with Gasteiger partial charge in [0.15, 0.2) is 0 Å². The summed E-state index contributed by atoms with van der Waals surface area (Å²) in [6.45, 7) is 0.295. The Labute approximate surface area is 115 Å². The molecule has 0 radical (unpaired) electrons. The van der Waals surface area contributed by atoms with Crippen LogP contribution in [-0.4, -0.2) is 37.5 Å². The molecule has 1 aliphatic rings. The summed E-state index contributed by atoms with van der Waals surface area (Å²) < 4.78 is 9.71. The molecule has 0 bridgehead atoms. The quantitative estimate of drug-likeness (QED) is 0.512. The number of methoxy groups -OCH3 is 2. The first-order chi connectivity index (χ1) is 9.03. The molecule has 1 heterocycles. The molecule has 1 saturated heterocycles. The molecule has 2 atom stereocenters. The largest absolute Gasteiger partial charge is 0.497 e. The number of carbonyl (C=O) groups is 2. The van der Waals surface area contributed by atoms with Crippen LogP contribution < -0.4 is 10.1 Å². The lowest BCUT2D eigenvalue weighted by Crippen LogP contribution is -2.44. The second-order valence-corrected chi connectivity index (χ2v) is 4.84. The van der Waals surface area contributed by atoms with Gasteiger partial charge in [0, 0.05) is 12.5 Å². The average Bonchev–Trinajstić information content (AvgIpc) is 2.75. The van der Waals surface area contributed by atoms with Gasteiger partial charge in [-0.25, -0.2) is 4.79 Å². The van der Waals surface area contributed by atoms with Gasteiger partial charge in [-0.1, -0.05) is 23.7 Å². The zero-order valence-electron chi connectivity index (χ0n) is 10.6. The monoisotopic (exact) mass is 283 g/mol. The number of amides is 1. The second-order valence-electron chi connectivity index (χ2n) is 4.24. The van der Waals surface area contributed by atoms with Gasteiger partial charge in [0.2, 0.25) is 4.87 Å². The number of carbonyl (C=O) groups excluding carboxylic acids is 2. The van der Waals surface area contributed by atoms with Gasteiger partial charge in [-0.3, -0.25) is 4.79 Å². The fourth-order valence-corrected chi connectivity index (χ4v) is 2.54. The van der Waals surface area contributed by atoms with E-state index in [1.165, 1.54) is 7.11 Å². The molecule has 1 aromatic carbocycles. The van der Waals surface area contributed by atoms with Crippen LogP contribution >= 0.6 is 11.6 Å². The number of ether oxygens (including phenoxy) is 2. The first-order valence-electron chi connectivity index (χ1n) is 5.73. The Balaban J connectivity index is 2.37. The van der Waals surface area contributed by atoms with Gasteiger partial charge in [0.25, 0.3) is 5.91 Å². The highest BCUT2D eigenvalue weighted by molar-refractivity contribution is 6.46. The van der Waals surface area contributed by atoms with Gasteiger partial charge in [-0.05, 0) is 17.7 Å². The average molecular weight is 284 g/mol. The molecule has 1 N–H and O–H groups in total. The summed E-state index contributed by atoms with van der Waals surface area (Å²) in [4.78, 5) is 21.9. The Hall–Kier alpha value is -1.75. The van der Waals surface area contributed by atoms with Crippen molar-refractivity contribution in [3.63, 3.8) is 0 Å². The van der Waals surface area contributed by atoms with Crippen molar-refractivity contribution in [1.82, 2.24) is 5.32 Å². The third-order valence-corrected chi connectivity index (χ3v) is 3.87. The summed E-state index contributed by atoms with van der Waals surface area (Å²) in [5.41, 5.74) is 0.777. The topological polar surface area (TPSA) is 64.6 Å². The van der Waals surface area contributed by atoms with Crippen LogP contribution in [0.25, 0.3) is 0 Å². The molecule has 1 unspecified atom stereocenters. The van der Waals surface area contributed by atoms with E-state index in [2.05, 4.69) is 10.1 Å². The summed E-state index contributed by atoms with van der Waals surface area (Å²) >= 11 is 6.23. The van der Waals surface area contributed by atoms with Crippen molar-refractivity contribution in [3.05, 3.63) is 29.8 Å². The molecule has 1 fully saturated rings. The molecular formula is C13H14ClNO4. The molecule has 0 spiro atoms. The lowest BCUT2D eigenvalue weighted by Gasteiger charge is -2.23. The maximum Gasteiger partial charge on any atom is 0.337 e. The van der Waals surface area contributed by atoms with E-state index >= 15 is 0 Å².